The molecule has 1 aromatic heterocycles. The van der Waals surface area contributed by atoms with Crippen LogP contribution in [0, 0.1) is 5.92 Å². The Morgan fingerprint density at radius 1 is 0.978 bits per heavy atom. The maximum absolute atomic E-state index is 13.2. The number of ether oxygens (including phenoxy) is 2. The number of alkyl halides is 2. The number of carbonyl (C=O) groups excluding carboxylic acids is 4. The molecule has 1 atom stereocenters. The largest absolute Gasteiger partial charge is 0.493 e. The van der Waals surface area contributed by atoms with Crippen molar-refractivity contribution in [2.45, 2.75) is 82.4 Å². The normalized spacial score (nSPS) is 24.5. The molecule has 12 nitrogen and oxygen atoms in total. The Kier molecular flexibility index (Phi) is 9.64. The number of imide groups is 2. The Balaban J connectivity index is 0.889. The van der Waals surface area contributed by atoms with Crippen LogP contribution in [-0.2, 0) is 14.3 Å². The van der Waals surface area contributed by atoms with Crippen LogP contribution in [0.2, 0.25) is 0 Å². The van der Waals surface area contributed by atoms with Gasteiger partial charge in [-0.05, 0) is 63.0 Å². The van der Waals surface area contributed by atoms with Crippen LogP contribution in [0.25, 0.3) is 0 Å². The van der Waals surface area contributed by atoms with E-state index in [0.29, 0.717) is 31.3 Å². The highest BCUT2D eigenvalue weighted by atomic mass is 19.3. The Morgan fingerprint density at radius 3 is 2.43 bits per heavy atom. The molecule has 3 aliphatic heterocycles. The lowest BCUT2D eigenvalue weighted by atomic mass is 9.85. The van der Waals surface area contributed by atoms with Crippen molar-refractivity contribution in [3.63, 3.8) is 0 Å². The quantitative estimate of drug-likeness (QED) is 0.278. The number of nitrogens with zero attached hydrogens (tertiary/aromatic N) is 4. The van der Waals surface area contributed by atoms with Crippen LogP contribution in [0.3, 0.4) is 0 Å². The van der Waals surface area contributed by atoms with Crippen molar-refractivity contribution in [2.24, 2.45) is 5.92 Å². The number of nitrogens with two attached hydrogens (primary N) is 1. The third kappa shape index (κ3) is 6.77. The van der Waals surface area contributed by atoms with Crippen LogP contribution in [0.5, 0.6) is 5.75 Å². The van der Waals surface area contributed by atoms with Crippen molar-refractivity contribution < 1.29 is 37.4 Å². The lowest BCUT2D eigenvalue weighted by Crippen LogP contribution is -2.54. The van der Waals surface area contributed by atoms with E-state index < -0.39 is 36.1 Å². The van der Waals surface area contributed by atoms with E-state index in [9.17, 15) is 28.0 Å². The van der Waals surface area contributed by atoms with Gasteiger partial charge in [0.2, 0.25) is 11.8 Å². The number of halogens is 2. The van der Waals surface area contributed by atoms with E-state index in [4.69, 9.17) is 15.2 Å². The number of likely N-dealkylation sites (tertiary alicyclic amines) is 1. The van der Waals surface area contributed by atoms with E-state index in [1.54, 1.807) is 29.1 Å². The first-order valence-corrected chi connectivity index (χ1v) is 16.1. The molecule has 3 N–H and O–H groups in total. The molecule has 1 unspecified atom stereocenters. The fourth-order valence-electron chi connectivity index (χ4n) is 7.09. The van der Waals surface area contributed by atoms with Crippen LogP contribution >= 0.6 is 0 Å². The van der Waals surface area contributed by atoms with Crippen molar-refractivity contribution >= 4 is 29.3 Å². The molecule has 3 fully saturated rings. The summed E-state index contributed by atoms with van der Waals surface area (Å²) in [4.78, 5) is 53.5. The third-order valence-electron chi connectivity index (χ3n) is 9.57. The Morgan fingerprint density at radius 2 is 1.74 bits per heavy atom. The zero-order chi connectivity index (χ0) is 32.4. The maximum Gasteiger partial charge on any atom is 0.284 e. The highest BCUT2D eigenvalue weighted by Crippen LogP contribution is 2.36. The van der Waals surface area contributed by atoms with Crippen molar-refractivity contribution in [1.29, 1.82) is 0 Å². The van der Waals surface area contributed by atoms with Gasteiger partial charge in [-0.3, -0.25) is 34.1 Å². The SMILES string of the molecule is Nc1cn(C2CCC(CN3CCC(OCCCOc4cccc5c4C(=O)N(C4CCC(=O)NC4=O)C5=O)CC3)CC2)nc1C(F)F. The first-order chi connectivity index (χ1) is 22.2. The summed E-state index contributed by atoms with van der Waals surface area (Å²) < 4.78 is 39.8. The molecule has 4 heterocycles. The standard InChI is InChI=1S/C32H40F2N6O6/c33-29(34)28-23(35)18-39(37-28)20-7-5-19(6-8-20)17-38-13-11-21(12-14-38)45-15-2-16-46-25-4-1-3-22-27(25)32(44)40(31(22)43)24-9-10-26(41)36-30(24)42/h1,3-4,18-21,24,29H,2,5-17,35H2,(H,36,41,42). The summed E-state index contributed by atoms with van der Waals surface area (Å²) in [5, 5.41) is 6.24. The van der Waals surface area contributed by atoms with E-state index in [1.807, 2.05) is 0 Å². The summed E-state index contributed by atoms with van der Waals surface area (Å²) in [7, 11) is 0. The van der Waals surface area contributed by atoms with Crippen LogP contribution in [0.15, 0.2) is 24.4 Å². The van der Waals surface area contributed by atoms with Gasteiger partial charge in [0.25, 0.3) is 18.2 Å². The topological polar surface area (TPSA) is 149 Å². The summed E-state index contributed by atoms with van der Waals surface area (Å²) in [6.07, 6.45) is 5.58. The van der Waals surface area contributed by atoms with Gasteiger partial charge in [0.15, 0.2) is 5.69 Å². The second kappa shape index (κ2) is 13.8. The van der Waals surface area contributed by atoms with Gasteiger partial charge < -0.3 is 20.1 Å². The van der Waals surface area contributed by atoms with E-state index in [0.717, 1.165) is 63.1 Å². The smallest absolute Gasteiger partial charge is 0.284 e. The molecular formula is C32H40F2N6O6. The monoisotopic (exact) mass is 642 g/mol. The van der Waals surface area contributed by atoms with Gasteiger partial charge in [0.1, 0.15) is 11.8 Å². The third-order valence-corrected chi connectivity index (χ3v) is 9.57. The number of amides is 4. The Hall–Kier alpha value is -3.91. The second-order valence-electron chi connectivity index (χ2n) is 12.6. The number of hydrogen-bond acceptors (Lipinski definition) is 9. The fourth-order valence-corrected chi connectivity index (χ4v) is 7.09. The maximum atomic E-state index is 13.2. The van der Waals surface area contributed by atoms with Crippen molar-refractivity contribution in [3.8, 4) is 5.75 Å². The predicted octanol–water partition coefficient (Wildman–Crippen LogP) is 3.49. The number of anilines is 1. The number of aromatic nitrogens is 2. The molecule has 0 bridgehead atoms. The summed E-state index contributed by atoms with van der Waals surface area (Å²) in [5.74, 6) is -1.35. The molecule has 1 saturated carbocycles. The number of hydrogen-bond donors (Lipinski definition) is 2. The van der Waals surface area contributed by atoms with Crippen LogP contribution in [0.4, 0.5) is 14.5 Å². The van der Waals surface area contributed by atoms with Gasteiger partial charge >= 0.3 is 0 Å². The zero-order valence-corrected chi connectivity index (χ0v) is 25.7. The summed E-state index contributed by atoms with van der Waals surface area (Å²) >= 11 is 0. The first kappa shape index (κ1) is 32.0. The number of piperidine rings is 2. The van der Waals surface area contributed by atoms with Gasteiger partial charge in [0, 0.05) is 38.7 Å². The van der Waals surface area contributed by atoms with Crippen molar-refractivity contribution in [2.75, 3.05) is 38.6 Å². The predicted molar refractivity (Wildman–Crippen MR) is 161 cm³/mol. The van der Waals surface area contributed by atoms with Crippen molar-refractivity contribution in [1.82, 2.24) is 24.9 Å². The number of fused-ring (bicyclic) bond motifs is 1. The molecule has 248 valence electrons. The van der Waals surface area contributed by atoms with Crippen LogP contribution in [-0.4, -0.2) is 88.2 Å². The van der Waals surface area contributed by atoms with Crippen LogP contribution < -0.4 is 15.8 Å². The number of rotatable bonds is 11. The summed E-state index contributed by atoms with van der Waals surface area (Å²) in [6.45, 7) is 3.76. The van der Waals surface area contributed by atoms with Gasteiger partial charge in [-0.15, -0.1) is 0 Å². The summed E-state index contributed by atoms with van der Waals surface area (Å²) in [5.41, 5.74) is 5.78. The molecule has 0 radical (unpaired) electrons. The molecule has 1 aromatic carbocycles. The fraction of sp³-hybridized carbons (Fsp3) is 0.594. The minimum absolute atomic E-state index is 0.0587. The van der Waals surface area contributed by atoms with Gasteiger partial charge in [0.05, 0.1) is 42.2 Å². The highest BCUT2D eigenvalue weighted by Gasteiger charge is 2.46. The number of nitrogen functional groups attached to an aromatic ring is 1. The van der Waals surface area contributed by atoms with Crippen molar-refractivity contribution in [3.05, 3.63) is 41.2 Å². The van der Waals surface area contributed by atoms with E-state index in [-0.39, 0.29) is 47.5 Å². The summed E-state index contributed by atoms with van der Waals surface area (Å²) in [6, 6.07) is 3.92. The Bertz CT molecular complexity index is 1470. The number of nitrogens with one attached hydrogen (secondary N) is 1. The molecule has 1 aliphatic carbocycles. The molecule has 2 aromatic rings. The molecule has 4 amide bonds. The van der Waals surface area contributed by atoms with Gasteiger partial charge in [-0.1, -0.05) is 6.07 Å². The first-order valence-electron chi connectivity index (χ1n) is 16.1. The molecule has 14 heteroatoms. The van der Waals surface area contributed by atoms with Gasteiger partial charge in [-0.2, -0.15) is 5.10 Å². The van der Waals surface area contributed by atoms with E-state index in [1.165, 1.54) is 0 Å². The lowest BCUT2D eigenvalue weighted by Gasteiger charge is -2.36. The number of benzene rings is 1. The average Bonchev–Trinajstić information content (AvgIpc) is 3.55. The number of carbonyl (C=O) groups is 4. The lowest BCUT2D eigenvalue weighted by molar-refractivity contribution is -0.136. The minimum atomic E-state index is -2.66. The molecule has 46 heavy (non-hydrogen) atoms. The Labute approximate surface area is 265 Å². The average molecular weight is 643 g/mol. The van der Waals surface area contributed by atoms with Gasteiger partial charge in [-0.25, -0.2) is 8.78 Å². The minimum Gasteiger partial charge on any atom is -0.493 e. The molecule has 4 aliphatic rings. The molecule has 0 spiro atoms. The molecule has 2 saturated heterocycles. The highest BCUT2D eigenvalue weighted by molar-refractivity contribution is 6.24. The molecular weight excluding hydrogens is 602 g/mol. The van der Waals surface area contributed by atoms with E-state index >= 15 is 0 Å². The molecule has 6 rings (SSSR count). The zero-order valence-electron chi connectivity index (χ0n) is 25.7. The van der Waals surface area contributed by atoms with E-state index in [2.05, 4.69) is 15.3 Å². The van der Waals surface area contributed by atoms with Crippen LogP contribution in [0.1, 0.15) is 96.7 Å². The second-order valence-corrected chi connectivity index (χ2v) is 12.6.